The van der Waals surface area contributed by atoms with E-state index in [1.54, 1.807) is 6.07 Å². The van der Waals surface area contributed by atoms with E-state index in [-0.39, 0.29) is 12.4 Å². The summed E-state index contributed by atoms with van der Waals surface area (Å²) in [5.74, 6) is 0.397. The van der Waals surface area contributed by atoms with Gasteiger partial charge in [-0.1, -0.05) is 50.2 Å². The minimum atomic E-state index is -0.980. The summed E-state index contributed by atoms with van der Waals surface area (Å²) in [5.41, 5.74) is 1.77. The van der Waals surface area contributed by atoms with Gasteiger partial charge < -0.3 is 19.2 Å². The molecule has 0 saturated carbocycles. The number of carbonyl (C=O) groups is 2. The van der Waals surface area contributed by atoms with Crippen molar-refractivity contribution in [2.45, 2.75) is 45.8 Å². The fourth-order valence-corrected chi connectivity index (χ4v) is 3.00. The Bertz CT molecular complexity index is 1010. The molecule has 0 fully saturated rings. The highest BCUT2D eigenvalue weighted by molar-refractivity contribution is 5.97. The summed E-state index contributed by atoms with van der Waals surface area (Å²) < 4.78 is 16.4. The highest BCUT2D eigenvalue weighted by atomic mass is 16.6. The van der Waals surface area contributed by atoms with Gasteiger partial charge in [-0.3, -0.25) is 4.79 Å². The molecule has 3 aromatic rings. The molecule has 0 saturated heterocycles. The van der Waals surface area contributed by atoms with E-state index in [9.17, 15) is 9.59 Å². The second-order valence-corrected chi connectivity index (χ2v) is 7.30. The summed E-state index contributed by atoms with van der Waals surface area (Å²) in [4.78, 5) is 25.0. The third kappa shape index (κ3) is 5.98. The largest absolute Gasteiger partial charge is 0.486 e. The Morgan fingerprint density at radius 1 is 0.968 bits per heavy atom. The molecule has 0 spiro atoms. The van der Waals surface area contributed by atoms with Crippen molar-refractivity contribution in [2.24, 2.45) is 0 Å². The van der Waals surface area contributed by atoms with Crippen LogP contribution in [-0.2, 0) is 16.1 Å². The first-order valence-corrected chi connectivity index (χ1v) is 10.3. The summed E-state index contributed by atoms with van der Waals surface area (Å²) in [5, 5.41) is 2.86. The van der Waals surface area contributed by atoms with Crippen LogP contribution < -0.4 is 10.1 Å². The minimum Gasteiger partial charge on any atom is -0.486 e. The first-order chi connectivity index (χ1) is 15.0. The molecule has 2 atom stereocenters. The van der Waals surface area contributed by atoms with Crippen LogP contribution in [0.4, 0.5) is 5.69 Å². The predicted molar refractivity (Wildman–Crippen MR) is 118 cm³/mol. The van der Waals surface area contributed by atoms with E-state index in [4.69, 9.17) is 13.9 Å². The molecule has 162 valence electrons. The standard InChI is InChI=1S/C25H27NO5/c1-4-17(2)21-12-8-9-13-22(21)26-24(27)18(3)30-25(28)23-15-14-20(31-23)16-29-19-10-6-5-7-11-19/h5-15,17-18H,4,16H2,1-3H3,(H,26,27). The van der Waals surface area contributed by atoms with Gasteiger partial charge in [0.1, 0.15) is 18.1 Å². The normalized spacial score (nSPS) is 12.6. The SMILES string of the molecule is CCC(C)c1ccccc1NC(=O)C(C)OC(=O)c1ccc(COc2ccccc2)o1. The quantitative estimate of drug-likeness (QED) is 0.458. The molecule has 0 aliphatic rings. The van der Waals surface area contributed by atoms with Gasteiger partial charge >= 0.3 is 5.97 Å². The maximum Gasteiger partial charge on any atom is 0.375 e. The van der Waals surface area contributed by atoms with Crippen LogP contribution >= 0.6 is 0 Å². The van der Waals surface area contributed by atoms with Crippen molar-refractivity contribution in [3.05, 3.63) is 83.8 Å². The third-order valence-electron chi connectivity index (χ3n) is 5.00. The van der Waals surface area contributed by atoms with Gasteiger partial charge in [-0.2, -0.15) is 0 Å². The number of benzene rings is 2. The van der Waals surface area contributed by atoms with Gasteiger partial charge in [-0.25, -0.2) is 4.79 Å². The van der Waals surface area contributed by atoms with Crippen molar-refractivity contribution in [1.29, 1.82) is 0 Å². The van der Waals surface area contributed by atoms with Crippen molar-refractivity contribution in [1.82, 2.24) is 0 Å². The molecule has 0 aliphatic heterocycles. The van der Waals surface area contributed by atoms with E-state index in [2.05, 4.69) is 19.2 Å². The van der Waals surface area contributed by atoms with E-state index in [1.165, 1.54) is 13.0 Å². The Balaban J connectivity index is 1.56. The molecular formula is C25H27NO5. The van der Waals surface area contributed by atoms with Gasteiger partial charge in [0.05, 0.1) is 0 Å². The molecule has 1 aromatic heterocycles. The lowest BCUT2D eigenvalue weighted by Gasteiger charge is -2.18. The predicted octanol–water partition coefficient (Wildman–Crippen LogP) is 5.56. The first-order valence-electron chi connectivity index (χ1n) is 10.3. The van der Waals surface area contributed by atoms with E-state index < -0.39 is 18.0 Å². The number of hydrogen-bond acceptors (Lipinski definition) is 5. The topological polar surface area (TPSA) is 77.8 Å². The van der Waals surface area contributed by atoms with Crippen LogP contribution in [0.25, 0.3) is 0 Å². The molecule has 6 nitrogen and oxygen atoms in total. The summed E-state index contributed by atoms with van der Waals surface area (Å²) in [6.07, 6.45) is -0.0294. The average Bonchev–Trinajstić information content (AvgIpc) is 3.27. The molecule has 0 aliphatic carbocycles. The second kappa shape index (κ2) is 10.5. The molecule has 2 aromatic carbocycles. The number of rotatable bonds is 9. The Labute approximate surface area is 182 Å². The van der Waals surface area contributed by atoms with Crippen molar-refractivity contribution in [2.75, 3.05) is 5.32 Å². The maximum atomic E-state index is 12.6. The Morgan fingerprint density at radius 3 is 2.42 bits per heavy atom. The molecule has 0 bridgehead atoms. The smallest absolute Gasteiger partial charge is 0.375 e. The van der Waals surface area contributed by atoms with Gasteiger partial charge in [0.25, 0.3) is 5.91 Å². The van der Waals surface area contributed by atoms with Crippen molar-refractivity contribution < 1.29 is 23.5 Å². The molecule has 1 N–H and O–H groups in total. The van der Waals surface area contributed by atoms with E-state index in [0.29, 0.717) is 17.4 Å². The Kier molecular flexibility index (Phi) is 7.49. The number of amides is 1. The van der Waals surface area contributed by atoms with Crippen LogP contribution in [0, 0.1) is 0 Å². The second-order valence-electron chi connectivity index (χ2n) is 7.30. The Morgan fingerprint density at radius 2 is 1.68 bits per heavy atom. The molecule has 6 heteroatoms. The lowest BCUT2D eigenvalue weighted by Crippen LogP contribution is -2.30. The maximum absolute atomic E-state index is 12.6. The van der Waals surface area contributed by atoms with Gasteiger partial charge in [-0.15, -0.1) is 0 Å². The molecule has 3 rings (SSSR count). The van der Waals surface area contributed by atoms with Crippen molar-refractivity contribution in [3.8, 4) is 5.75 Å². The zero-order valence-corrected chi connectivity index (χ0v) is 18.0. The summed E-state index contributed by atoms with van der Waals surface area (Å²) in [6.45, 7) is 5.90. The summed E-state index contributed by atoms with van der Waals surface area (Å²) >= 11 is 0. The highest BCUT2D eigenvalue weighted by Crippen LogP contribution is 2.26. The van der Waals surface area contributed by atoms with Gasteiger partial charge in [0, 0.05) is 5.69 Å². The number of nitrogens with one attached hydrogen (secondary N) is 1. The van der Waals surface area contributed by atoms with Crippen LogP contribution in [-0.4, -0.2) is 18.0 Å². The van der Waals surface area contributed by atoms with Crippen LogP contribution in [0.3, 0.4) is 0 Å². The lowest BCUT2D eigenvalue weighted by molar-refractivity contribution is -0.123. The molecule has 1 amide bonds. The van der Waals surface area contributed by atoms with Gasteiger partial charge in [0.2, 0.25) is 5.76 Å². The molecule has 0 radical (unpaired) electrons. The molecule has 2 unspecified atom stereocenters. The molecular weight excluding hydrogens is 394 g/mol. The van der Waals surface area contributed by atoms with Crippen LogP contribution in [0.1, 0.15) is 55.0 Å². The fraction of sp³-hybridized carbons (Fsp3) is 0.280. The zero-order chi connectivity index (χ0) is 22.2. The number of para-hydroxylation sites is 2. The number of carbonyl (C=O) groups excluding carboxylic acids is 2. The van der Waals surface area contributed by atoms with Crippen LogP contribution in [0.2, 0.25) is 0 Å². The number of hydrogen-bond donors (Lipinski definition) is 1. The van der Waals surface area contributed by atoms with E-state index in [1.807, 2.05) is 54.6 Å². The first kappa shape index (κ1) is 22.2. The summed E-state index contributed by atoms with van der Waals surface area (Å²) in [7, 11) is 0. The number of furan rings is 1. The highest BCUT2D eigenvalue weighted by Gasteiger charge is 2.22. The Hall–Kier alpha value is -3.54. The molecule has 31 heavy (non-hydrogen) atoms. The van der Waals surface area contributed by atoms with Crippen molar-refractivity contribution >= 4 is 17.6 Å². The van der Waals surface area contributed by atoms with Crippen molar-refractivity contribution in [3.63, 3.8) is 0 Å². The summed E-state index contributed by atoms with van der Waals surface area (Å²) in [6, 6.07) is 20.1. The molecule has 1 heterocycles. The monoisotopic (exact) mass is 421 g/mol. The van der Waals surface area contributed by atoms with Crippen LogP contribution in [0.15, 0.2) is 71.1 Å². The van der Waals surface area contributed by atoms with E-state index >= 15 is 0 Å². The van der Waals surface area contributed by atoms with E-state index in [0.717, 1.165) is 17.7 Å². The number of ether oxygens (including phenoxy) is 2. The number of anilines is 1. The average molecular weight is 421 g/mol. The van der Waals surface area contributed by atoms with Gasteiger partial charge in [0.15, 0.2) is 6.10 Å². The lowest BCUT2D eigenvalue weighted by atomic mass is 9.97. The van der Waals surface area contributed by atoms with Gasteiger partial charge in [-0.05, 0) is 55.2 Å². The third-order valence-corrected chi connectivity index (χ3v) is 5.00. The fourth-order valence-electron chi connectivity index (χ4n) is 3.00. The zero-order valence-electron chi connectivity index (χ0n) is 18.0. The van der Waals surface area contributed by atoms with Crippen LogP contribution in [0.5, 0.6) is 5.75 Å². The minimum absolute atomic E-state index is 0.0197. The number of esters is 1.